The third-order valence-corrected chi connectivity index (χ3v) is 5.89. The molecule has 4 rings (SSSR count). The summed E-state index contributed by atoms with van der Waals surface area (Å²) < 4.78 is 11.7. The standard InChI is InChI=1S/C22H28ClN5O3/c23-18-14-25-26-22(29)21(18)24-8-4-5-9-27-10-12-28(13-11-27)20-16-30-19(15-31-20)17-6-2-1-3-7-17/h1-2,6,14-16H,3-5,7-13H2,(H,24,25)(H,26,29). The van der Waals surface area contributed by atoms with Crippen LogP contribution in [0.3, 0.4) is 0 Å². The van der Waals surface area contributed by atoms with Crippen molar-refractivity contribution in [2.24, 2.45) is 0 Å². The van der Waals surface area contributed by atoms with Gasteiger partial charge >= 0.3 is 0 Å². The molecule has 0 amide bonds. The molecule has 166 valence electrons. The van der Waals surface area contributed by atoms with Crippen LogP contribution in [0.25, 0.3) is 0 Å². The number of piperazine rings is 1. The number of H-pyrrole nitrogens is 1. The van der Waals surface area contributed by atoms with Gasteiger partial charge in [-0.05, 0) is 37.8 Å². The number of aromatic nitrogens is 2. The van der Waals surface area contributed by atoms with Crippen molar-refractivity contribution in [2.75, 3.05) is 44.6 Å². The average Bonchev–Trinajstić information content (AvgIpc) is 2.82. The van der Waals surface area contributed by atoms with Crippen molar-refractivity contribution in [3.8, 4) is 0 Å². The topological polar surface area (TPSA) is 82.7 Å². The van der Waals surface area contributed by atoms with Gasteiger partial charge in [-0.25, -0.2) is 5.10 Å². The summed E-state index contributed by atoms with van der Waals surface area (Å²) >= 11 is 6.00. The summed E-state index contributed by atoms with van der Waals surface area (Å²) in [4.78, 5) is 16.4. The second-order valence-electron chi connectivity index (χ2n) is 7.72. The van der Waals surface area contributed by atoms with Crippen LogP contribution in [0, 0.1) is 0 Å². The number of rotatable bonds is 8. The highest BCUT2D eigenvalue weighted by atomic mass is 35.5. The zero-order chi connectivity index (χ0) is 21.5. The third kappa shape index (κ3) is 5.71. The minimum absolute atomic E-state index is 0.291. The molecule has 2 N–H and O–H groups in total. The second-order valence-corrected chi connectivity index (χ2v) is 8.12. The molecule has 1 aromatic rings. The Morgan fingerprint density at radius 1 is 1.16 bits per heavy atom. The number of halogens is 1. The molecule has 3 aliphatic rings. The fourth-order valence-corrected chi connectivity index (χ4v) is 4.00. The van der Waals surface area contributed by atoms with E-state index in [2.05, 4.69) is 43.5 Å². The van der Waals surface area contributed by atoms with Crippen molar-refractivity contribution >= 4 is 17.3 Å². The number of aromatic amines is 1. The highest BCUT2D eigenvalue weighted by Crippen LogP contribution is 2.26. The number of anilines is 1. The highest BCUT2D eigenvalue weighted by molar-refractivity contribution is 6.32. The van der Waals surface area contributed by atoms with E-state index in [9.17, 15) is 4.79 Å². The fraction of sp³-hybridized carbons (Fsp3) is 0.455. The van der Waals surface area contributed by atoms with Gasteiger partial charge in [0.25, 0.3) is 5.56 Å². The second kappa shape index (κ2) is 10.5. The minimum Gasteiger partial charge on any atom is -0.456 e. The minimum atomic E-state index is -0.291. The van der Waals surface area contributed by atoms with E-state index in [0.29, 0.717) is 17.3 Å². The van der Waals surface area contributed by atoms with Crippen molar-refractivity contribution in [1.82, 2.24) is 20.0 Å². The molecule has 1 aromatic heterocycles. The van der Waals surface area contributed by atoms with Crippen LogP contribution < -0.4 is 10.9 Å². The first kappa shape index (κ1) is 21.5. The molecule has 0 bridgehead atoms. The molecular weight excluding hydrogens is 418 g/mol. The van der Waals surface area contributed by atoms with Crippen molar-refractivity contribution in [3.05, 3.63) is 69.5 Å². The van der Waals surface area contributed by atoms with E-state index in [4.69, 9.17) is 21.1 Å². The Balaban J connectivity index is 1.13. The summed E-state index contributed by atoms with van der Waals surface area (Å²) in [5.41, 5.74) is 1.27. The van der Waals surface area contributed by atoms with Gasteiger partial charge in [0.2, 0.25) is 5.88 Å². The first-order chi connectivity index (χ1) is 15.2. The van der Waals surface area contributed by atoms with Crippen LogP contribution in [0.1, 0.15) is 25.7 Å². The van der Waals surface area contributed by atoms with Crippen molar-refractivity contribution in [1.29, 1.82) is 0 Å². The van der Waals surface area contributed by atoms with Gasteiger partial charge < -0.3 is 19.7 Å². The normalized spacial score (nSPS) is 19.1. The van der Waals surface area contributed by atoms with Gasteiger partial charge in [0.1, 0.15) is 11.9 Å². The molecule has 0 aromatic carbocycles. The van der Waals surface area contributed by atoms with E-state index in [0.717, 1.165) is 70.0 Å². The van der Waals surface area contributed by atoms with E-state index in [1.54, 1.807) is 12.5 Å². The largest absolute Gasteiger partial charge is 0.456 e. The zero-order valence-electron chi connectivity index (χ0n) is 17.5. The molecule has 8 nitrogen and oxygen atoms in total. The summed E-state index contributed by atoms with van der Waals surface area (Å²) in [5.74, 6) is 1.58. The SMILES string of the molecule is O=c1[nH]ncc(Cl)c1NCCCCN1CCN(C2=COC(C3=CC=CCC3)=CO2)CC1. The van der Waals surface area contributed by atoms with Crippen molar-refractivity contribution in [2.45, 2.75) is 25.7 Å². The number of allylic oxidation sites excluding steroid dienone is 4. The van der Waals surface area contributed by atoms with Crippen LogP contribution >= 0.6 is 11.6 Å². The Bertz CT molecular complexity index is 945. The van der Waals surface area contributed by atoms with Gasteiger partial charge in [-0.2, -0.15) is 5.10 Å². The first-order valence-electron chi connectivity index (χ1n) is 10.7. The lowest BCUT2D eigenvalue weighted by atomic mass is 10.0. The first-order valence-corrected chi connectivity index (χ1v) is 11.1. The Labute approximate surface area is 186 Å². The molecule has 31 heavy (non-hydrogen) atoms. The lowest BCUT2D eigenvalue weighted by Crippen LogP contribution is -2.46. The predicted molar refractivity (Wildman–Crippen MR) is 120 cm³/mol. The molecule has 2 aliphatic heterocycles. The lowest BCUT2D eigenvalue weighted by Gasteiger charge is -2.36. The summed E-state index contributed by atoms with van der Waals surface area (Å²) in [6.45, 7) is 5.50. The Hall–Kier alpha value is -2.71. The van der Waals surface area contributed by atoms with E-state index < -0.39 is 0 Å². The average molecular weight is 446 g/mol. The molecule has 0 radical (unpaired) electrons. The monoisotopic (exact) mass is 445 g/mol. The maximum absolute atomic E-state index is 11.7. The van der Waals surface area contributed by atoms with Gasteiger partial charge in [-0.1, -0.05) is 29.8 Å². The third-order valence-electron chi connectivity index (χ3n) is 5.60. The predicted octanol–water partition coefficient (Wildman–Crippen LogP) is 3.20. The number of hydrogen-bond donors (Lipinski definition) is 2. The zero-order valence-corrected chi connectivity index (χ0v) is 18.2. The molecule has 1 fully saturated rings. The quantitative estimate of drug-likeness (QED) is 0.594. The van der Waals surface area contributed by atoms with E-state index in [1.807, 2.05) is 0 Å². The molecule has 0 saturated carbocycles. The number of unbranched alkanes of at least 4 members (excludes halogenated alkanes) is 1. The Kier molecular flexibility index (Phi) is 7.32. The number of ether oxygens (including phenoxy) is 2. The molecular formula is C22H28ClN5O3. The van der Waals surface area contributed by atoms with Crippen LogP contribution in [-0.4, -0.2) is 59.3 Å². The van der Waals surface area contributed by atoms with Gasteiger partial charge in [-0.3, -0.25) is 9.69 Å². The molecule has 3 heterocycles. The van der Waals surface area contributed by atoms with Crippen molar-refractivity contribution < 1.29 is 9.47 Å². The van der Waals surface area contributed by atoms with Gasteiger partial charge in [0.15, 0.2) is 12.0 Å². The molecule has 1 aliphatic carbocycles. The Morgan fingerprint density at radius 3 is 2.74 bits per heavy atom. The number of nitrogens with one attached hydrogen (secondary N) is 2. The molecule has 0 atom stereocenters. The van der Waals surface area contributed by atoms with E-state index >= 15 is 0 Å². The fourth-order valence-electron chi connectivity index (χ4n) is 3.80. The maximum Gasteiger partial charge on any atom is 0.289 e. The van der Waals surface area contributed by atoms with Crippen LogP contribution in [0.15, 0.2) is 59.0 Å². The Morgan fingerprint density at radius 2 is 2.03 bits per heavy atom. The number of nitrogens with zero attached hydrogens (tertiary/aromatic N) is 3. The van der Waals surface area contributed by atoms with Crippen LogP contribution in [0.5, 0.6) is 0 Å². The summed E-state index contributed by atoms with van der Waals surface area (Å²) in [7, 11) is 0. The summed E-state index contributed by atoms with van der Waals surface area (Å²) in [6, 6.07) is 0. The molecule has 9 heteroatoms. The number of hydrogen-bond acceptors (Lipinski definition) is 7. The van der Waals surface area contributed by atoms with E-state index in [-0.39, 0.29) is 5.56 Å². The van der Waals surface area contributed by atoms with E-state index in [1.165, 1.54) is 11.8 Å². The summed E-state index contributed by atoms with van der Waals surface area (Å²) in [6.07, 6.45) is 15.2. The van der Waals surface area contributed by atoms with Crippen LogP contribution in [0.4, 0.5) is 5.69 Å². The highest BCUT2D eigenvalue weighted by Gasteiger charge is 2.22. The van der Waals surface area contributed by atoms with Gasteiger partial charge in [-0.15, -0.1) is 0 Å². The maximum atomic E-state index is 11.7. The summed E-state index contributed by atoms with van der Waals surface area (Å²) in [5, 5.41) is 9.50. The van der Waals surface area contributed by atoms with Crippen LogP contribution in [0.2, 0.25) is 5.02 Å². The van der Waals surface area contributed by atoms with Gasteiger partial charge in [0.05, 0.1) is 11.2 Å². The van der Waals surface area contributed by atoms with Crippen molar-refractivity contribution in [3.63, 3.8) is 0 Å². The molecule has 0 unspecified atom stereocenters. The molecule has 1 saturated heterocycles. The lowest BCUT2D eigenvalue weighted by molar-refractivity contribution is 0.0841. The smallest absolute Gasteiger partial charge is 0.289 e. The molecule has 0 spiro atoms. The van der Waals surface area contributed by atoms with Gasteiger partial charge in [0, 0.05) is 32.7 Å². The van der Waals surface area contributed by atoms with Crippen LogP contribution in [-0.2, 0) is 9.47 Å².